The third kappa shape index (κ3) is 5.28. The summed E-state index contributed by atoms with van der Waals surface area (Å²) in [6, 6.07) is 9.55. The van der Waals surface area contributed by atoms with E-state index in [2.05, 4.69) is 6.07 Å². The molecule has 1 fully saturated rings. The van der Waals surface area contributed by atoms with Crippen LogP contribution in [0.5, 0.6) is 17.2 Å². The van der Waals surface area contributed by atoms with Crippen LogP contribution >= 0.6 is 35.6 Å². The average molecular weight is 464 g/mol. The van der Waals surface area contributed by atoms with Crippen LogP contribution in [0.2, 0.25) is 5.02 Å². The van der Waals surface area contributed by atoms with Gasteiger partial charge in [0.15, 0.2) is 11.5 Å². The molecule has 0 saturated carbocycles. The number of hydrogen-bond donors (Lipinski definition) is 0. The molecule has 3 rings (SSSR count). The summed E-state index contributed by atoms with van der Waals surface area (Å²) in [5, 5.41) is 0.388. The second kappa shape index (κ2) is 9.73. The normalized spacial score (nSPS) is 15.1. The summed E-state index contributed by atoms with van der Waals surface area (Å²) in [5.41, 5.74) is 3.02. The molecule has 30 heavy (non-hydrogen) atoms. The van der Waals surface area contributed by atoms with E-state index in [1.807, 2.05) is 26.0 Å². The lowest BCUT2D eigenvalue weighted by Gasteiger charge is -2.14. The van der Waals surface area contributed by atoms with Crippen molar-refractivity contribution < 1.29 is 19.0 Å². The highest BCUT2D eigenvalue weighted by Crippen LogP contribution is 2.38. The molecule has 158 valence electrons. The van der Waals surface area contributed by atoms with E-state index in [0.29, 0.717) is 39.0 Å². The summed E-state index contributed by atoms with van der Waals surface area (Å²) in [6.07, 6.45) is 1.74. The van der Waals surface area contributed by atoms with Crippen molar-refractivity contribution in [3.8, 4) is 17.2 Å². The lowest BCUT2D eigenvalue weighted by atomic mass is 10.1. The number of amides is 1. The van der Waals surface area contributed by atoms with Gasteiger partial charge in [-0.05, 0) is 60.9 Å². The number of halogens is 1. The van der Waals surface area contributed by atoms with Crippen molar-refractivity contribution in [3.63, 3.8) is 0 Å². The first-order valence-corrected chi connectivity index (χ1v) is 10.8. The molecule has 0 N–H and O–H groups in total. The van der Waals surface area contributed by atoms with Gasteiger partial charge >= 0.3 is 0 Å². The van der Waals surface area contributed by atoms with Gasteiger partial charge in [-0.1, -0.05) is 41.6 Å². The van der Waals surface area contributed by atoms with Gasteiger partial charge in [0.1, 0.15) is 23.3 Å². The van der Waals surface area contributed by atoms with Gasteiger partial charge in [0.2, 0.25) is 0 Å². The number of rotatable bonds is 7. The molecule has 2 aromatic rings. The van der Waals surface area contributed by atoms with Gasteiger partial charge < -0.3 is 14.2 Å². The van der Waals surface area contributed by atoms with Gasteiger partial charge in [0, 0.05) is 7.05 Å². The predicted molar refractivity (Wildman–Crippen MR) is 126 cm³/mol. The molecule has 1 aliphatic heterocycles. The molecule has 0 atom stereocenters. The number of hydrogen-bond acceptors (Lipinski definition) is 6. The number of carbonyl (C=O) groups excluding carboxylic acids is 1. The Labute approximate surface area is 190 Å². The monoisotopic (exact) mass is 463 g/mol. The first-order chi connectivity index (χ1) is 14.3. The second-order valence-electron chi connectivity index (χ2n) is 6.80. The number of thiocarbonyl (C=S) groups is 1. The molecule has 0 spiro atoms. The van der Waals surface area contributed by atoms with E-state index < -0.39 is 0 Å². The standard InChI is InChI=1S/C22H22ClNO4S2/c1-13-7-14(2)9-16(8-13)27-5-6-28-20-17(23)10-15(11-18(20)26-4)12-19-21(25)24(3)22(29)30-19/h7-12H,5-6H2,1-4H3. The number of aryl methyl sites for hydroxylation is 2. The first-order valence-electron chi connectivity index (χ1n) is 9.21. The Morgan fingerprint density at radius 3 is 2.37 bits per heavy atom. The van der Waals surface area contributed by atoms with Crippen LogP contribution in [0.4, 0.5) is 0 Å². The van der Waals surface area contributed by atoms with Gasteiger partial charge in [-0.3, -0.25) is 9.69 Å². The smallest absolute Gasteiger partial charge is 0.265 e. The zero-order valence-corrected chi connectivity index (χ0v) is 19.5. The Bertz CT molecular complexity index is 1000. The SMILES string of the molecule is COc1cc(C=C2SC(=S)N(C)C2=O)cc(Cl)c1OCCOc1cc(C)cc(C)c1. The van der Waals surface area contributed by atoms with Crippen molar-refractivity contribution in [3.05, 3.63) is 56.9 Å². The second-order valence-corrected chi connectivity index (χ2v) is 8.88. The van der Waals surface area contributed by atoms with Gasteiger partial charge in [0.25, 0.3) is 5.91 Å². The van der Waals surface area contributed by atoms with Crippen LogP contribution in [0.15, 0.2) is 35.2 Å². The van der Waals surface area contributed by atoms with E-state index in [0.717, 1.165) is 22.4 Å². The minimum Gasteiger partial charge on any atom is -0.493 e. The maximum absolute atomic E-state index is 12.2. The number of likely N-dealkylation sites (N-methyl/N-ethyl adjacent to an activating group) is 1. The average Bonchev–Trinajstić information content (AvgIpc) is 2.92. The Morgan fingerprint density at radius 1 is 1.10 bits per heavy atom. The predicted octanol–water partition coefficient (Wildman–Crippen LogP) is 5.25. The summed E-state index contributed by atoms with van der Waals surface area (Å²) in [7, 11) is 3.20. The van der Waals surface area contributed by atoms with Crippen molar-refractivity contribution in [2.75, 3.05) is 27.4 Å². The van der Waals surface area contributed by atoms with E-state index in [-0.39, 0.29) is 5.91 Å². The number of benzene rings is 2. The Hall–Kier alpha value is -2.22. The number of nitrogens with zero attached hydrogens (tertiary/aromatic N) is 1. The minimum atomic E-state index is -0.135. The molecule has 0 radical (unpaired) electrons. The fourth-order valence-electron chi connectivity index (χ4n) is 2.98. The molecule has 1 aliphatic rings. The fraction of sp³-hybridized carbons (Fsp3) is 0.273. The van der Waals surface area contributed by atoms with E-state index in [9.17, 15) is 4.79 Å². The van der Waals surface area contributed by atoms with Crippen LogP contribution in [-0.2, 0) is 4.79 Å². The molecular formula is C22H22ClNO4S2. The molecule has 0 aliphatic carbocycles. The highest BCUT2D eigenvalue weighted by Gasteiger charge is 2.28. The summed E-state index contributed by atoms with van der Waals surface area (Å²) in [4.78, 5) is 14.2. The van der Waals surface area contributed by atoms with Crippen LogP contribution in [0.3, 0.4) is 0 Å². The number of carbonyl (C=O) groups is 1. The van der Waals surface area contributed by atoms with Crippen LogP contribution < -0.4 is 14.2 Å². The van der Waals surface area contributed by atoms with Crippen molar-refractivity contribution in [2.45, 2.75) is 13.8 Å². The highest BCUT2D eigenvalue weighted by molar-refractivity contribution is 8.26. The lowest BCUT2D eigenvalue weighted by molar-refractivity contribution is -0.121. The third-order valence-electron chi connectivity index (χ3n) is 4.33. The zero-order valence-electron chi connectivity index (χ0n) is 17.2. The van der Waals surface area contributed by atoms with Crippen molar-refractivity contribution >= 4 is 51.9 Å². The van der Waals surface area contributed by atoms with E-state index in [1.165, 1.54) is 16.7 Å². The van der Waals surface area contributed by atoms with E-state index >= 15 is 0 Å². The molecule has 1 saturated heterocycles. The molecular weight excluding hydrogens is 442 g/mol. The third-order valence-corrected chi connectivity index (χ3v) is 6.10. The highest BCUT2D eigenvalue weighted by atomic mass is 35.5. The van der Waals surface area contributed by atoms with Crippen LogP contribution in [0.25, 0.3) is 6.08 Å². The van der Waals surface area contributed by atoms with Crippen LogP contribution in [0, 0.1) is 13.8 Å². The largest absolute Gasteiger partial charge is 0.493 e. The van der Waals surface area contributed by atoms with E-state index in [1.54, 1.807) is 32.4 Å². The molecule has 2 aromatic carbocycles. The van der Waals surface area contributed by atoms with Gasteiger partial charge in [-0.25, -0.2) is 0 Å². The van der Waals surface area contributed by atoms with Gasteiger partial charge in [0.05, 0.1) is 17.0 Å². The summed E-state index contributed by atoms with van der Waals surface area (Å²) in [6.45, 7) is 4.72. The maximum Gasteiger partial charge on any atom is 0.265 e. The molecule has 0 bridgehead atoms. The van der Waals surface area contributed by atoms with E-state index in [4.69, 9.17) is 38.0 Å². The van der Waals surface area contributed by atoms with Crippen LogP contribution in [0.1, 0.15) is 16.7 Å². The Morgan fingerprint density at radius 2 is 1.77 bits per heavy atom. The summed E-state index contributed by atoms with van der Waals surface area (Å²) >= 11 is 12.8. The number of ether oxygens (including phenoxy) is 3. The Balaban J connectivity index is 1.68. The Kier molecular flexibility index (Phi) is 7.28. The first kappa shape index (κ1) is 22.5. The fourth-order valence-corrected chi connectivity index (χ4v) is 4.43. The molecule has 5 nitrogen and oxygen atoms in total. The molecule has 1 heterocycles. The molecule has 8 heteroatoms. The zero-order chi connectivity index (χ0) is 21.8. The number of methoxy groups -OCH3 is 1. The maximum atomic E-state index is 12.2. The lowest BCUT2D eigenvalue weighted by Crippen LogP contribution is -2.22. The van der Waals surface area contributed by atoms with Crippen LogP contribution in [-0.4, -0.2) is 42.5 Å². The summed E-state index contributed by atoms with van der Waals surface area (Å²) in [5.74, 6) is 1.58. The van der Waals surface area contributed by atoms with Crippen molar-refractivity contribution in [2.24, 2.45) is 0 Å². The van der Waals surface area contributed by atoms with Crippen molar-refractivity contribution in [1.82, 2.24) is 4.90 Å². The topological polar surface area (TPSA) is 48.0 Å². The summed E-state index contributed by atoms with van der Waals surface area (Å²) < 4.78 is 17.6. The minimum absolute atomic E-state index is 0.135. The molecule has 1 amide bonds. The number of thioether (sulfide) groups is 1. The van der Waals surface area contributed by atoms with Gasteiger partial charge in [-0.2, -0.15) is 0 Å². The quantitative estimate of drug-likeness (QED) is 0.317. The van der Waals surface area contributed by atoms with Gasteiger partial charge in [-0.15, -0.1) is 0 Å². The molecule has 0 unspecified atom stereocenters. The molecule has 0 aromatic heterocycles. The van der Waals surface area contributed by atoms with Crippen molar-refractivity contribution in [1.29, 1.82) is 0 Å².